The molecule has 0 radical (unpaired) electrons. The SMILES string of the molecule is CN(CC(=O)NCC#N)C1COCC1C(=O)O. The summed E-state index contributed by atoms with van der Waals surface area (Å²) in [6, 6.07) is 1.49. The van der Waals surface area contributed by atoms with E-state index in [0.29, 0.717) is 6.61 Å². The van der Waals surface area contributed by atoms with Crippen LogP contribution in [0.5, 0.6) is 0 Å². The van der Waals surface area contributed by atoms with E-state index in [-0.39, 0.29) is 31.6 Å². The van der Waals surface area contributed by atoms with Gasteiger partial charge in [-0.1, -0.05) is 0 Å². The molecule has 0 saturated carbocycles. The Morgan fingerprint density at radius 1 is 1.59 bits per heavy atom. The predicted octanol–water partition coefficient (Wildman–Crippen LogP) is -1.34. The van der Waals surface area contributed by atoms with Crippen LogP contribution in [0.15, 0.2) is 0 Å². The number of carbonyl (C=O) groups excluding carboxylic acids is 1. The van der Waals surface area contributed by atoms with Gasteiger partial charge in [-0.15, -0.1) is 0 Å². The summed E-state index contributed by atoms with van der Waals surface area (Å²) in [4.78, 5) is 23.9. The van der Waals surface area contributed by atoms with E-state index in [2.05, 4.69) is 5.32 Å². The number of nitrogens with one attached hydrogen (secondary N) is 1. The van der Waals surface area contributed by atoms with Gasteiger partial charge in [-0.05, 0) is 7.05 Å². The molecule has 1 rings (SSSR count). The van der Waals surface area contributed by atoms with Gasteiger partial charge in [-0.25, -0.2) is 0 Å². The number of likely N-dealkylation sites (N-methyl/N-ethyl adjacent to an activating group) is 1. The number of amides is 1. The quantitative estimate of drug-likeness (QED) is 0.577. The van der Waals surface area contributed by atoms with Crippen molar-refractivity contribution in [1.29, 1.82) is 5.26 Å². The van der Waals surface area contributed by atoms with E-state index in [1.165, 1.54) is 0 Å². The Kier molecular flexibility index (Phi) is 4.87. The first-order valence-electron chi connectivity index (χ1n) is 5.20. The van der Waals surface area contributed by atoms with E-state index in [1.807, 2.05) is 0 Å². The van der Waals surface area contributed by atoms with E-state index in [9.17, 15) is 9.59 Å². The molecule has 2 N–H and O–H groups in total. The predicted molar refractivity (Wildman–Crippen MR) is 57.0 cm³/mol. The fraction of sp³-hybridized carbons (Fsp3) is 0.700. The zero-order chi connectivity index (χ0) is 12.8. The number of carbonyl (C=O) groups is 2. The monoisotopic (exact) mass is 241 g/mol. The number of carboxylic acids is 1. The van der Waals surface area contributed by atoms with Crippen molar-refractivity contribution in [2.75, 3.05) is 33.4 Å². The number of nitriles is 1. The molecule has 1 aliphatic heterocycles. The largest absolute Gasteiger partial charge is 0.481 e. The summed E-state index contributed by atoms with van der Waals surface area (Å²) >= 11 is 0. The van der Waals surface area contributed by atoms with Crippen molar-refractivity contribution in [2.45, 2.75) is 6.04 Å². The van der Waals surface area contributed by atoms with Crippen LogP contribution < -0.4 is 5.32 Å². The molecular weight excluding hydrogens is 226 g/mol. The van der Waals surface area contributed by atoms with Crippen molar-refractivity contribution in [3.8, 4) is 6.07 Å². The van der Waals surface area contributed by atoms with Crippen LogP contribution in [0.2, 0.25) is 0 Å². The molecule has 0 aromatic carbocycles. The highest BCUT2D eigenvalue weighted by Gasteiger charge is 2.37. The summed E-state index contributed by atoms with van der Waals surface area (Å²) in [6.45, 7) is 0.485. The average Bonchev–Trinajstić information content (AvgIpc) is 2.75. The molecule has 1 heterocycles. The third kappa shape index (κ3) is 3.69. The van der Waals surface area contributed by atoms with Crippen molar-refractivity contribution in [1.82, 2.24) is 10.2 Å². The van der Waals surface area contributed by atoms with Gasteiger partial charge >= 0.3 is 5.97 Å². The molecule has 94 valence electrons. The van der Waals surface area contributed by atoms with Gasteiger partial charge in [0.05, 0.1) is 31.7 Å². The number of aliphatic carboxylic acids is 1. The molecule has 0 aliphatic carbocycles. The first-order chi connectivity index (χ1) is 8.06. The minimum Gasteiger partial charge on any atom is -0.481 e. The summed E-state index contributed by atoms with van der Waals surface area (Å²) in [5, 5.41) is 19.7. The first-order valence-corrected chi connectivity index (χ1v) is 5.20. The van der Waals surface area contributed by atoms with Crippen molar-refractivity contribution in [2.24, 2.45) is 5.92 Å². The third-order valence-electron chi connectivity index (χ3n) is 2.69. The summed E-state index contributed by atoms with van der Waals surface area (Å²) < 4.78 is 5.11. The number of hydrogen-bond donors (Lipinski definition) is 2. The van der Waals surface area contributed by atoms with Crippen molar-refractivity contribution in [3.05, 3.63) is 0 Å². The average molecular weight is 241 g/mol. The number of ether oxygens (including phenoxy) is 1. The lowest BCUT2D eigenvalue weighted by Gasteiger charge is -2.25. The van der Waals surface area contributed by atoms with Gasteiger partial charge in [-0.3, -0.25) is 14.5 Å². The molecule has 0 aromatic rings. The summed E-state index contributed by atoms with van der Waals surface area (Å²) in [5.74, 6) is -1.83. The summed E-state index contributed by atoms with van der Waals surface area (Å²) in [7, 11) is 1.67. The maximum Gasteiger partial charge on any atom is 0.310 e. The van der Waals surface area contributed by atoms with Crippen LogP contribution in [0, 0.1) is 17.2 Å². The van der Waals surface area contributed by atoms with E-state index in [0.717, 1.165) is 0 Å². The highest BCUT2D eigenvalue weighted by Crippen LogP contribution is 2.18. The van der Waals surface area contributed by atoms with E-state index < -0.39 is 11.9 Å². The van der Waals surface area contributed by atoms with Crippen LogP contribution >= 0.6 is 0 Å². The van der Waals surface area contributed by atoms with Gasteiger partial charge in [0.25, 0.3) is 0 Å². The van der Waals surface area contributed by atoms with Gasteiger partial charge in [0.15, 0.2) is 0 Å². The van der Waals surface area contributed by atoms with Crippen LogP contribution in [-0.4, -0.2) is 61.3 Å². The minimum absolute atomic E-state index is 0.0454. The van der Waals surface area contributed by atoms with Gasteiger partial charge in [-0.2, -0.15) is 5.26 Å². The smallest absolute Gasteiger partial charge is 0.310 e. The van der Waals surface area contributed by atoms with Crippen LogP contribution in [0.3, 0.4) is 0 Å². The maximum absolute atomic E-state index is 11.4. The summed E-state index contributed by atoms with van der Waals surface area (Å²) in [6.07, 6.45) is 0. The number of rotatable bonds is 5. The molecular formula is C10H15N3O4. The number of hydrogen-bond acceptors (Lipinski definition) is 5. The highest BCUT2D eigenvalue weighted by atomic mass is 16.5. The second-order valence-corrected chi connectivity index (χ2v) is 3.90. The zero-order valence-electron chi connectivity index (χ0n) is 9.55. The Morgan fingerprint density at radius 2 is 2.29 bits per heavy atom. The molecule has 1 saturated heterocycles. The van der Waals surface area contributed by atoms with Gasteiger partial charge < -0.3 is 15.2 Å². The lowest BCUT2D eigenvalue weighted by molar-refractivity contribution is -0.143. The molecule has 0 spiro atoms. The molecule has 2 unspecified atom stereocenters. The Hall–Kier alpha value is -1.65. The van der Waals surface area contributed by atoms with Crippen LogP contribution in [0.25, 0.3) is 0 Å². The van der Waals surface area contributed by atoms with Crippen LogP contribution in [-0.2, 0) is 14.3 Å². The fourth-order valence-corrected chi connectivity index (χ4v) is 1.75. The van der Waals surface area contributed by atoms with E-state index >= 15 is 0 Å². The van der Waals surface area contributed by atoms with E-state index in [1.54, 1.807) is 18.0 Å². The standard InChI is InChI=1S/C10H15N3O4/c1-13(4-9(14)12-3-2-11)8-6-17-5-7(8)10(15)16/h7-8H,3-6H2,1H3,(H,12,14)(H,15,16). The summed E-state index contributed by atoms with van der Waals surface area (Å²) in [5.41, 5.74) is 0. The lowest BCUT2D eigenvalue weighted by Crippen LogP contribution is -2.45. The molecule has 17 heavy (non-hydrogen) atoms. The lowest BCUT2D eigenvalue weighted by atomic mass is 10.0. The van der Waals surface area contributed by atoms with Gasteiger partial charge in [0.2, 0.25) is 5.91 Å². The van der Waals surface area contributed by atoms with Gasteiger partial charge in [0, 0.05) is 6.04 Å². The number of nitrogens with zero attached hydrogens (tertiary/aromatic N) is 2. The topological polar surface area (TPSA) is 103 Å². The molecule has 0 aromatic heterocycles. The van der Waals surface area contributed by atoms with Crippen molar-refractivity contribution >= 4 is 11.9 Å². The molecule has 1 amide bonds. The Bertz CT molecular complexity index is 339. The third-order valence-corrected chi connectivity index (χ3v) is 2.69. The molecule has 7 heteroatoms. The molecule has 0 bridgehead atoms. The minimum atomic E-state index is -0.920. The number of carboxylic acid groups (broad SMARTS) is 1. The van der Waals surface area contributed by atoms with Crippen LogP contribution in [0.1, 0.15) is 0 Å². The first kappa shape index (κ1) is 13.4. The van der Waals surface area contributed by atoms with E-state index in [4.69, 9.17) is 15.1 Å². The van der Waals surface area contributed by atoms with Crippen molar-refractivity contribution < 1.29 is 19.4 Å². The molecule has 2 atom stereocenters. The van der Waals surface area contributed by atoms with Gasteiger partial charge in [0.1, 0.15) is 6.54 Å². The second-order valence-electron chi connectivity index (χ2n) is 3.90. The van der Waals surface area contributed by atoms with Crippen molar-refractivity contribution in [3.63, 3.8) is 0 Å². The fourth-order valence-electron chi connectivity index (χ4n) is 1.75. The van der Waals surface area contributed by atoms with Crippen LogP contribution in [0.4, 0.5) is 0 Å². The Labute approximate surface area is 99.0 Å². The Morgan fingerprint density at radius 3 is 2.88 bits per heavy atom. The highest BCUT2D eigenvalue weighted by molar-refractivity contribution is 5.78. The normalized spacial score (nSPS) is 23.4. The molecule has 1 aliphatic rings. The Balaban J connectivity index is 2.46. The maximum atomic E-state index is 11.4. The molecule has 7 nitrogen and oxygen atoms in total. The zero-order valence-corrected chi connectivity index (χ0v) is 9.55. The second kappa shape index (κ2) is 6.18. The molecule has 1 fully saturated rings.